The first-order chi connectivity index (χ1) is 6.74. The Kier molecular flexibility index (Phi) is 4.55. The molecule has 5 heteroatoms. The van der Waals surface area contributed by atoms with E-state index in [0.29, 0.717) is 0 Å². The van der Waals surface area contributed by atoms with Gasteiger partial charge in [-0.1, -0.05) is 0 Å². The van der Waals surface area contributed by atoms with E-state index in [-0.39, 0.29) is 6.10 Å². The number of methoxy groups -OCH3 is 1. The van der Waals surface area contributed by atoms with Crippen LogP contribution in [0.25, 0.3) is 0 Å². The Hall–Kier alpha value is -0.940. The molecule has 0 spiro atoms. The first-order valence-electron chi connectivity index (χ1n) is 4.80. The summed E-state index contributed by atoms with van der Waals surface area (Å²) >= 11 is 0. The zero-order chi connectivity index (χ0) is 10.4. The number of nitrogens with one attached hydrogen (secondary N) is 1. The van der Waals surface area contributed by atoms with Gasteiger partial charge in [0.2, 0.25) is 0 Å². The van der Waals surface area contributed by atoms with Crippen LogP contribution in [0.3, 0.4) is 0 Å². The van der Waals surface area contributed by atoms with Crippen LogP contribution in [0.5, 0.6) is 0 Å². The third-order valence-electron chi connectivity index (χ3n) is 2.16. The maximum Gasteiger partial charge on any atom is 0.133 e. The van der Waals surface area contributed by atoms with E-state index < -0.39 is 0 Å². The van der Waals surface area contributed by atoms with Gasteiger partial charge in [-0.2, -0.15) is 0 Å². The molecule has 1 rings (SSSR count). The fourth-order valence-electron chi connectivity index (χ4n) is 1.12. The van der Waals surface area contributed by atoms with Gasteiger partial charge in [-0.15, -0.1) is 10.2 Å². The second kappa shape index (κ2) is 5.72. The lowest BCUT2D eigenvalue weighted by atomic mass is 10.3. The lowest BCUT2D eigenvalue weighted by Crippen LogP contribution is -2.28. The minimum absolute atomic E-state index is 0.259. The van der Waals surface area contributed by atoms with Crippen LogP contribution in [0.15, 0.2) is 6.33 Å². The van der Waals surface area contributed by atoms with Gasteiger partial charge in [-0.05, 0) is 6.92 Å². The standard InChI is InChI=1S/C9H18N4O/c1-8(14-3)6-10-5-4-9-12-11-7-13(9)2/h7-8,10H,4-6H2,1-3H3. The van der Waals surface area contributed by atoms with Gasteiger partial charge >= 0.3 is 0 Å². The number of rotatable bonds is 6. The molecule has 1 heterocycles. The molecule has 1 aromatic rings. The summed E-state index contributed by atoms with van der Waals surface area (Å²) in [5, 5.41) is 11.1. The summed E-state index contributed by atoms with van der Waals surface area (Å²) in [5.41, 5.74) is 0. The van der Waals surface area contributed by atoms with Crippen LogP contribution in [-0.4, -0.2) is 41.1 Å². The first-order valence-corrected chi connectivity index (χ1v) is 4.80. The van der Waals surface area contributed by atoms with Gasteiger partial charge in [0.05, 0.1) is 6.10 Å². The van der Waals surface area contributed by atoms with E-state index in [1.54, 1.807) is 13.4 Å². The van der Waals surface area contributed by atoms with Gasteiger partial charge in [0.1, 0.15) is 12.2 Å². The molecule has 0 aliphatic rings. The van der Waals surface area contributed by atoms with Crippen molar-refractivity contribution < 1.29 is 4.74 Å². The molecular weight excluding hydrogens is 180 g/mol. The average molecular weight is 198 g/mol. The molecule has 14 heavy (non-hydrogen) atoms. The largest absolute Gasteiger partial charge is 0.380 e. The fourth-order valence-corrected chi connectivity index (χ4v) is 1.12. The predicted octanol–water partition coefficient (Wildman–Crippen LogP) is -0.0179. The van der Waals surface area contributed by atoms with Gasteiger partial charge in [-0.25, -0.2) is 0 Å². The van der Waals surface area contributed by atoms with Crippen molar-refractivity contribution in [1.29, 1.82) is 0 Å². The summed E-state index contributed by atoms with van der Waals surface area (Å²) in [6, 6.07) is 0. The quantitative estimate of drug-likeness (QED) is 0.653. The molecule has 5 nitrogen and oxygen atoms in total. The van der Waals surface area contributed by atoms with Crippen LogP contribution >= 0.6 is 0 Å². The molecule has 0 saturated heterocycles. The molecule has 0 fully saturated rings. The number of aromatic nitrogens is 3. The van der Waals surface area contributed by atoms with Crippen molar-refractivity contribution in [2.45, 2.75) is 19.4 Å². The topological polar surface area (TPSA) is 52.0 Å². The van der Waals surface area contributed by atoms with Crippen LogP contribution in [0.1, 0.15) is 12.7 Å². The SMILES string of the molecule is COC(C)CNCCc1nncn1C. The van der Waals surface area contributed by atoms with Gasteiger partial charge in [-0.3, -0.25) is 0 Å². The highest BCUT2D eigenvalue weighted by Crippen LogP contribution is 1.91. The predicted molar refractivity (Wildman–Crippen MR) is 54.0 cm³/mol. The first kappa shape index (κ1) is 11.1. The van der Waals surface area contributed by atoms with E-state index in [9.17, 15) is 0 Å². The highest BCUT2D eigenvalue weighted by molar-refractivity contribution is 4.84. The van der Waals surface area contributed by atoms with Crippen LogP contribution in [-0.2, 0) is 18.2 Å². The molecule has 0 aromatic carbocycles. The Morgan fingerprint density at radius 2 is 2.43 bits per heavy atom. The van der Waals surface area contributed by atoms with Crippen molar-refractivity contribution >= 4 is 0 Å². The van der Waals surface area contributed by atoms with Crippen molar-refractivity contribution in [2.24, 2.45) is 7.05 Å². The van der Waals surface area contributed by atoms with Crippen molar-refractivity contribution in [2.75, 3.05) is 20.2 Å². The van der Waals surface area contributed by atoms with Crippen molar-refractivity contribution in [3.63, 3.8) is 0 Å². The number of ether oxygens (including phenoxy) is 1. The van der Waals surface area contributed by atoms with E-state index in [4.69, 9.17) is 4.74 Å². The van der Waals surface area contributed by atoms with Gasteiger partial charge in [0, 0.05) is 33.7 Å². The van der Waals surface area contributed by atoms with E-state index >= 15 is 0 Å². The molecule has 1 unspecified atom stereocenters. The summed E-state index contributed by atoms with van der Waals surface area (Å²) in [7, 11) is 3.67. The Morgan fingerprint density at radius 1 is 1.64 bits per heavy atom. The summed E-state index contributed by atoms with van der Waals surface area (Å²) < 4.78 is 7.05. The highest BCUT2D eigenvalue weighted by Gasteiger charge is 2.01. The van der Waals surface area contributed by atoms with E-state index in [2.05, 4.69) is 15.5 Å². The van der Waals surface area contributed by atoms with Gasteiger partial charge in [0.15, 0.2) is 0 Å². The smallest absolute Gasteiger partial charge is 0.133 e. The average Bonchev–Trinajstić information content (AvgIpc) is 2.58. The Labute approximate surface area is 84.5 Å². The Balaban J connectivity index is 2.13. The molecule has 0 bridgehead atoms. The number of hydrogen-bond donors (Lipinski definition) is 1. The molecule has 80 valence electrons. The molecule has 0 radical (unpaired) electrons. The lowest BCUT2D eigenvalue weighted by Gasteiger charge is -2.09. The second-order valence-corrected chi connectivity index (χ2v) is 3.36. The normalized spacial score (nSPS) is 13.1. The van der Waals surface area contributed by atoms with E-state index in [0.717, 1.165) is 25.3 Å². The molecular formula is C9H18N4O. The molecule has 0 aliphatic carbocycles. The minimum atomic E-state index is 0.259. The molecule has 0 amide bonds. The summed E-state index contributed by atoms with van der Waals surface area (Å²) in [6.07, 6.45) is 2.87. The van der Waals surface area contributed by atoms with Gasteiger partial charge in [0.25, 0.3) is 0 Å². The maximum atomic E-state index is 5.12. The molecule has 1 atom stereocenters. The second-order valence-electron chi connectivity index (χ2n) is 3.36. The van der Waals surface area contributed by atoms with E-state index in [1.165, 1.54) is 0 Å². The Bertz CT molecular complexity index is 261. The third kappa shape index (κ3) is 3.43. The zero-order valence-electron chi connectivity index (χ0n) is 9.03. The van der Waals surface area contributed by atoms with Crippen molar-refractivity contribution in [3.05, 3.63) is 12.2 Å². The molecule has 0 saturated carbocycles. The fraction of sp³-hybridized carbons (Fsp3) is 0.778. The highest BCUT2D eigenvalue weighted by atomic mass is 16.5. The summed E-state index contributed by atoms with van der Waals surface area (Å²) in [6.45, 7) is 3.81. The summed E-state index contributed by atoms with van der Waals surface area (Å²) in [4.78, 5) is 0. The lowest BCUT2D eigenvalue weighted by molar-refractivity contribution is 0.117. The Morgan fingerprint density at radius 3 is 3.00 bits per heavy atom. The number of hydrogen-bond acceptors (Lipinski definition) is 4. The van der Waals surface area contributed by atoms with Crippen LogP contribution in [0.4, 0.5) is 0 Å². The number of nitrogens with zero attached hydrogens (tertiary/aromatic N) is 3. The van der Waals surface area contributed by atoms with Crippen LogP contribution in [0, 0.1) is 0 Å². The molecule has 0 aliphatic heterocycles. The third-order valence-corrected chi connectivity index (χ3v) is 2.16. The van der Waals surface area contributed by atoms with Crippen LogP contribution < -0.4 is 5.32 Å². The minimum Gasteiger partial charge on any atom is -0.380 e. The molecule has 1 N–H and O–H groups in total. The monoisotopic (exact) mass is 198 g/mol. The zero-order valence-corrected chi connectivity index (χ0v) is 9.03. The maximum absolute atomic E-state index is 5.12. The van der Waals surface area contributed by atoms with Gasteiger partial charge < -0.3 is 14.6 Å². The van der Waals surface area contributed by atoms with Crippen molar-refractivity contribution in [1.82, 2.24) is 20.1 Å². The molecule has 1 aromatic heterocycles. The summed E-state index contributed by atoms with van der Waals surface area (Å²) in [5.74, 6) is 1.00. The van der Waals surface area contributed by atoms with E-state index in [1.807, 2.05) is 18.5 Å². The van der Waals surface area contributed by atoms with Crippen LogP contribution in [0.2, 0.25) is 0 Å². The van der Waals surface area contributed by atoms with Crippen molar-refractivity contribution in [3.8, 4) is 0 Å². The number of aryl methyl sites for hydroxylation is 1.